The molecule has 0 aromatic heterocycles. The topological polar surface area (TPSA) is 94.5 Å². The third kappa shape index (κ3) is 9.45. The molecule has 4 aromatic rings. The van der Waals surface area contributed by atoms with Gasteiger partial charge < -0.3 is 23.7 Å². The molecule has 0 saturated carbocycles. The lowest BCUT2D eigenvalue weighted by Gasteiger charge is -2.43. The predicted octanol–water partition coefficient (Wildman–Crippen LogP) is 8.65. The van der Waals surface area contributed by atoms with Gasteiger partial charge in [0.1, 0.15) is 17.8 Å². The van der Waals surface area contributed by atoms with Crippen LogP contribution in [-0.4, -0.2) is 60.3 Å². The second-order valence-corrected chi connectivity index (χ2v) is 20.3. The first-order valence-electron chi connectivity index (χ1n) is 18.0. The van der Waals surface area contributed by atoms with Crippen LogP contribution in [0, 0.1) is 0 Å². The fourth-order valence-electron chi connectivity index (χ4n) is 6.18. The van der Waals surface area contributed by atoms with Crippen LogP contribution in [0.25, 0.3) is 0 Å². The van der Waals surface area contributed by atoms with Crippen LogP contribution in [0.3, 0.4) is 0 Å². The number of nitrogens with zero attached hydrogens (tertiary/aromatic N) is 1. The molecule has 5 rings (SSSR count). The number of hydrogen-bond acceptors (Lipinski definition) is 7. The molecule has 9 heteroatoms. The minimum atomic E-state index is -2.51. The van der Waals surface area contributed by atoms with Crippen LogP contribution in [0.1, 0.15) is 63.0 Å². The highest BCUT2D eigenvalue weighted by molar-refractivity contribution is 6.74. The zero-order chi connectivity index (χ0) is 37.5. The second kappa shape index (κ2) is 16.7. The summed E-state index contributed by atoms with van der Waals surface area (Å²) in [6.07, 6.45) is -5.37. The Balaban J connectivity index is 1.59. The lowest BCUT2D eigenvalue weighted by molar-refractivity contribution is -0.174. The molecule has 5 atom stereocenters. The zero-order valence-corrected chi connectivity index (χ0v) is 32.4. The van der Waals surface area contributed by atoms with Gasteiger partial charge in [-0.15, -0.1) is 0 Å². The highest BCUT2D eigenvalue weighted by Gasteiger charge is 2.54. The van der Waals surface area contributed by atoms with Crippen molar-refractivity contribution in [1.82, 2.24) is 4.90 Å². The summed E-state index contributed by atoms with van der Waals surface area (Å²) in [5.74, 6) is -0.701. The number of aliphatic hydroxyl groups excluding tert-OH is 1. The molecule has 0 aliphatic carbocycles. The molecule has 0 unspecified atom stereocenters. The summed E-state index contributed by atoms with van der Waals surface area (Å²) >= 11 is 0. The summed E-state index contributed by atoms with van der Waals surface area (Å²) in [4.78, 5) is 29.7. The highest BCUT2D eigenvalue weighted by Crippen LogP contribution is 2.42. The lowest BCUT2D eigenvalue weighted by atomic mass is 9.91. The standard InChI is InChI=1S/C43H53NO7Si/c1-42(2,3)52(6,7)51-37(34-26-18-11-19-27-34)38(48-29-32-22-14-9-15-23-32)36(45)39(49-30-33-24-16-10-17-25-33)40(46)44-35(43(4,5)50-41(44)47)28-31-20-12-8-13-21-31/h8-27,35-39,45H,28-30H2,1-7H3/t35-,36+,37+,38+,39-/m0/s1. The Morgan fingerprint density at radius 1 is 0.788 bits per heavy atom. The van der Waals surface area contributed by atoms with Gasteiger partial charge in [-0.05, 0) is 60.7 Å². The number of benzene rings is 4. The number of carbonyl (C=O) groups excluding carboxylic acids is 2. The molecule has 1 aliphatic heterocycles. The predicted molar refractivity (Wildman–Crippen MR) is 205 cm³/mol. The van der Waals surface area contributed by atoms with Crippen molar-refractivity contribution in [3.05, 3.63) is 144 Å². The Labute approximate surface area is 309 Å². The zero-order valence-electron chi connectivity index (χ0n) is 31.4. The second-order valence-electron chi connectivity index (χ2n) is 15.6. The van der Waals surface area contributed by atoms with Crippen LogP contribution < -0.4 is 0 Å². The summed E-state index contributed by atoms with van der Waals surface area (Å²) in [6, 6.07) is 37.8. The minimum Gasteiger partial charge on any atom is -0.441 e. The summed E-state index contributed by atoms with van der Waals surface area (Å²) in [5, 5.41) is 12.5. The molecule has 1 saturated heterocycles. The Morgan fingerprint density at radius 2 is 1.25 bits per heavy atom. The first-order chi connectivity index (χ1) is 24.7. The summed E-state index contributed by atoms with van der Waals surface area (Å²) in [5.41, 5.74) is 2.42. The average Bonchev–Trinajstić information content (AvgIpc) is 3.35. The fraction of sp³-hybridized carbons (Fsp3) is 0.395. The largest absolute Gasteiger partial charge is 0.441 e. The molecule has 1 N–H and O–H groups in total. The molecule has 276 valence electrons. The number of rotatable bonds is 15. The maximum Gasteiger partial charge on any atom is 0.417 e. The molecular weight excluding hydrogens is 671 g/mol. The van der Waals surface area contributed by atoms with Crippen molar-refractivity contribution in [1.29, 1.82) is 0 Å². The number of aliphatic hydroxyl groups is 1. The van der Waals surface area contributed by atoms with E-state index in [-0.39, 0.29) is 18.3 Å². The van der Waals surface area contributed by atoms with E-state index < -0.39 is 56.4 Å². The van der Waals surface area contributed by atoms with Gasteiger partial charge in [-0.3, -0.25) is 4.79 Å². The van der Waals surface area contributed by atoms with E-state index in [9.17, 15) is 14.7 Å². The van der Waals surface area contributed by atoms with Gasteiger partial charge in [0.15, 0.2) is 14.4 Å². The molecule has 0 bridgehead atoms. The van der Waals surface area contributed by atoms with Crippen molar-refractivity contribution < 1.29 is 33.3 Å². The van der Waals surface area contributed by atoms with E-state index >= 15 is 0 Å². The van der Waals surface area contributed by atoms with Crippen LogP contribution in [0.5, 0.6) is 0 Å². The summed E-state index contributed by atoms with van der Waals surface area (Å²) in [7, 11) is -2.51. The third-order valence-corrected chi connectivity index (χ3v) is 14.7. The van der Waals surface area contributed by atoms with Crippen LogP contribution >= 0.6 is 0 Å². The van der Waals surface area contributed by atoms with Crippen molar-refractivity contribution >= 4 is 20.3 Å². The van der Waals surface area contributed by atoms with Gasteiger partial charge >= 0.3 is 6.09 Å². The van der Waals surface area contributed by atoms with Gasteiger partial charge in [-0.25, -0.2) is 9.69 Å². The molecule has 1 fully saturated rings. The van der Waals surface area contributed by atoms with Gasteiger partial charge in [0, 0.05) is 0 Å². The van der Waals surface area contributed by atoms with Crippen molar-refractivity contribution in [2.75, 3.05) is 0 Å². The first-order valence-corrected chi connectivity index (χ1v) is 20.9. The van der Waals surface area contributed by atoms with E-state index in [4.69, 9.17) is 18.6 Å². The highest BCUT2D eigenvalue weighted by atomic mass is 28.4. The maximum absolute atomic E-state index is 14.9. The quantitative estimate of drug-likeness (QED) is 0.123. The van der Waals surface area contributed by atoms with Gasteiger partial charge in [0.2, 0.25) is 0 Å². The van der Waals surface area contributed by atoms with Gasteiger partial charge in [-0.2, -0.15) is 0 Å². The Bertz CT molecular complexity index is 1730. The number of amides is 2. The fourth-order valence-corrected chi connectivity index (χ4v) is 7.44. The third-order valence-electron chi connectivity index (χ3n) is 10.3. The van der Waals surface area contributed by atoms with Crippen LogP contribution in [-0.2, 0) is 43.1 Å². The molecule has 1 heterocycles. The molecule has 1 aliphatic rings. The molecular formula is C43H53NO7Si. The summed E-state index contributed by atoms with van der Waals surface area (Å²) in [6.45, 7) is 14.5. The minimum absolute atomic E-state index is 0.00837. The smallest absolute Gasteiger partial charge is 0.417 e. The molecule has 0 radical (unpaired) electrons. The number of carbonyl (C=O) groups is 2. The van der Waals surface area contributed by atoms with E-state index in [1.165, 1.54) is 0 Å². The van der Waals surface area contributed by atoms with Gasteiger partial charge in [0.25, 0.3) is 5.91 Å². The summed E-state index contributed by atoms with van der Waals surface area (Å²) < 4.78 is 26.0. The molecule has 8 nitrogen and oxygen atoms in total. The monoisotopic (exact) mass is 723 g/mol. The normalized spacial score (nSPS) is 18.3. The van der Waals surface area contributed by atoms with Crippen molar-refractivity contribution in [2.45, 2.75) is 108 Å². The molecule has 4 aromatic carbocycles. The number of imide groups is 1. The number of cyclic esters (lactones) is 1. The first kappa shape index (κ1) is 39.1. The maximum atomic E-state index is 14.9. The van der Waals surface area contributed by atoms with E-state index in [1.54, 1.807) is 13.8 Å². The van der Waals surface area contributed by atoms with Crippen molar-refractivity contribution in [3.8, 4) is 0 Å². The van der Waals surface area contributed by atoms with E-state index in [1.807, 2.05) is 121 Å². The van der Waals surface area contributed by atoms with Crippen LogP contribution in [0.2, 0.25) is 18.1 Å². The van der Waals surface area contributed by atoms with Gasteiger partial charge in [-0.1, -0.05) is 142 Å². The van der Waals surface area contributed by atoms with E-state index in [2.05, 4.69) is 33.9 Å². The molecule has 52 heavy (non-hydrogen) atoms. The Hall–Kier alpha value is -4.12. The van der Waals surface area contributed by atoms with Crippen LogP contribution in [0.4, 0.5) is 4.79 Å². The van der Waals surface area contributed by atoms with Crippen molar-refractivity contribution in [2.24, 2.45) is 0 Å². The van der Waals surface area contributed by atoms with Gasteiger partial charge in [0.05, 0.1) is 25.4 Å². The molecule has 0 spiro atoms. The Morgan fingerprint density at radius 3 is 1.75 bits per heavy atom. The van der Waals surface area contributed by atoms with E-state index in [0.29, 0.717) is 6.42 Å². The van der Waals surface area contributed by atoms with Crippen LogP contribution in [0.15, 0.2) is 121 Å². The number of ether oxygens (including phenoxy) is 3. The van der Waals surface area contributed by atoms with Crippen molar-refractivity contribution in [3.63, 3.8) is 0 Å². The SMILES string of the molecule is CC1(C)OC(=O)N(C(=O)[C@@H](OCc2ccccc2)[C@H](O)[C@@H](OCc2ccccc2)[C@H](O[Si](C)(C)C(C)(C)C)c2ccccc2)[C@H]1Cc1ccccc1. The average molecular weight is 724 g/mol. The lowest BCUT2D eigenvalue weighted by Crippen LogP contribution is -2.57. The molecule has 2 amide bonds. The number of hydrogen-bond donors (Lipinski definition) is 1. The Kier molecular flexibility index (Phi) is 12.6. The van der Waals surface area contributed by atoms with E-state index in [0.717, 1.165) is 27.2 Å².